The van der Waals surface area contributed by atoms with Gasteiger partial charge in [-0.3, -0.25) is 9.69 Å². The van der Waals surface area contributed by atoms with Crippen molar-refractivity contribution in [1.82, 2.24) is 10.2 Å². The molecule has 2 aliphatic rings. The highest BCUT2D eigenvalue weighted by Gasteiger charge is 2.53. The van der Waals surface area contributed by atoms with Gasteiger partial charge in [0.05, 0.1) is 25.6 Å². The van der Waals surface area contributed by atoms with Crippen molar-refractivity contribution in [2.24, 2.45) is 0 Å². The number of halogens is 1. The summed E-state index contributed by atoms with van der Waals surface area (Å²) in [7, 11) is 2.96. The molecular formula is C24H29BrN4O5. The summed E-state index contributed by atoms with van der Waals surface area (Å²) >= 11 is 3.42. The zero-order valence-corrected chi connectivity index (χ0v) is 21.0. The van der Waals surface area contributed by atoms with Crippen molar-refractivity contribution in [3.05, 3.63) is 46.4 Å². The number of nitrogens with one attached hydrogen (secondary N) is 2. The van der Waals surface area contributed by atoms with Crippen molar-refractivity contribution in [1.29, 1.82) is 0 Å². The van der Waals surface area contributed by atoms with E-state index < -0.39 is 17.7 Å². The maximum Gasteiger partial charge on any atom is 0.329 e. The van der Waals surface area contributed by atoms with Crippen LogP contribution in [-0.2, 0) is 10.5 Å². The first-order valence-corrected chi connectivity index (χ1v) is 12.0. The van der Waals surface area contributed by atoms with Gasteiger partial charge >= 0.3 is 6.03 Å². The second-order valence-electron chi connectivity index (χ2n) is 8.30. The molecule has 0 radical (unpaired) electrons. The number of methoxy groups -OCH3 is 2. The number of likely N-dealkylation sites (N-methyl/N-ethyl adjacent to an activating group) is 1. The molecule has 0 aliphatic carbocycles. The van der Waals surface area contributed by atoms with E-state index in [4.69, 9.17) is 9.47 Å². The van der Waals surface area contributed by atoms with E-state index in [1.54, 1.807) is 36.4 Å². The molecule has 0 bridgehead atoms. The van der Waals surface area contributed by atoms with Crippen LogP contribution in [0, 0.1) is 0 Å². The first kappa shape index (κ1) is 24.3. The van der Waals surface area contributed by atoms with Crippen molar-refractivity contribution in [2.75, 3.05) is 44.1 Å². The molecule has 0 spiro atoms. The number of nitrogens with zero attached hydrogens (tertiary/aromatic N) is 2. The number of ether oxygens (including phenoxy) is 2. The Morgan fingerprint density at radius 3 is 2.76 bits per heavy atom. The molecule has 2 atom stereocenters. The summed E-state index contributed by atoms with van der Waals surface area (Å²) in [4.78, 5) is 30.4. The van der Waals surface area contributed by atoms with E-state index in [1.165, 1.54) is 14.2 Å². The minimum atomic E-state index is -2.32. The Labute approximate surface area is 207 Å². The summed E-state index contributed by atoms with van der Waals surface area (Å²) in [5.41, 5.74) is -1.50. The topological polar surface area (TPSA) is 103 Å². The van der Waals surface area contributed by atoms with Gasteiger partial charge in [0.1, 0.15) is 11.5 Å². The molecule has 34 heavy (non-hydrogen) atoms. The third kappa shape index (κ3) is 4.21. The van der Waals surface area contributed by atoms with Crippen molar-refractivity contribution in [2.45, 2.75) is 31.5 Å². The fraction of sp³-hybridized carbons (Fsp3) is 0.417. The van der Waals surface area contributed by atoms with Gasteiger partial charge in [0, 0.05) is 28.7 Å². The van der Waals surface area contributed by atoms with Crippen LogP contribution in [0.2, 0.25) is 0 Å². The van der Waals surface area contributed by atoms with Gasteiger partial charge in [0.2, 0.25) is 0 Å². The Kier molecular flexibility index (Phi) is 7.01. The number of urea groups is 1. The molecular weight excluding hydrogens is 504 g/mol. The van der Waals surface area contributed by atoms with Crippen molar-refractivity contribution in [3.8, 4) is 11.5 Å². The van der Waals surface area contributed by atoms with E-state index in [0.29, 0.717) is 22.5 Å². The second-order valence-corrected chi connectivity index (χ2v) is 9.22. The number of carbonyl (C=O) groups excluding carboxylic acids is 2. The first-order valence-electron chi connectivity index (χ1n) is 11.2. The fourth-order valence-electron chi connectivity index (χ4n) is 4.71. The number of anilines is 2. The van der Waals surface area contributed by atoms with E-state index >= 15 is 0 Å². The number of likely N-dealkylation sites (tertiary alicyclic amines) is 1. The number of hydrogen-bond acceptors (Lipinski definition) is 6. The SMILES string of the molecule is CCN1CCCC1CNC(=O)C1(O)c2cc(Br)ccc2NC(=O)N1c1ccc(OC)cc1OC. The van der Waals surface area contributed by atoms with Crippen LogP contribution in [0.1, 0.15) is 25.3 Å². The van der Waals surface area contributed by atoms with Gasteiger partial charge < -0.3 is 25.2 Å². The summed E-state index contributed by atoms with van der Waals surface area (Å²) in [5, 5.41) is 17.8. The van der Waals surface area contributed by atoms with Crippen LogP contribution < -0.4 is 25.0 Å². The summed E-state index contributed by atoms with van der Waals surface area (Å²) < 4.78 is 11.4. The Hall–Kier alpha value is -2.82. The van der Waals surface area contributed by atoms with Gasteiger partial charge in [-0.2, -0.15) is 0 Å². The van der Waals surface area contributed by atoms with E-state index in [0.717, 1.165) is 30.8 Å². The van der Waals surface area contributed by atoms with Crippen LogP contribution in [0.15, 0.2) is 40.9 Å². The summed E-state index contributed by atoms with van der Waals surface area (Å²) in [6, 6.07) is 9.34. The number of aliphatic hydroxyl groups is 1. The fourth-order valence-corrected chi connectivity index (χ4v) is 5.07. The summed E-state index contributed by atoms with van der Waals surface area (Å²) in [5.74, 6) is 0.0877. The number of amides is 3. The molecule has 3 N–H and O–H groups in total. The molecule has 9 nitrogen and oxygen atoms in total. The number of rotatable bonds is 7. The van der Waals surface area contributed by atoms with E-state index in [9.17, 15) is 14.7 Å². The lowest BCUT2D eigenvalue weighted by Crippen LogP contribution is -2.63. The Bertz CT molecular complexity index is 1100. The minimum absolute atomic E-state index is 0.181. The molecule has 3 amide bonds. The van der Waals surface area contributed by atoms with Crippen LogP contribution >= 0.6 is 15.9 Å². The smallest absolute Gasteiger partial charge is 0.329 e. The van der Waals surface area contributed by atoms with Crippen molar-refractivity contribution in [3.63, 3.8) is 0 Å². The van der Waals surface area contributed by atoms with Crippen LogP contribution in [0.5, 0.6) is 11.5 Å². The van der Waals surface area contributed by atoms with Gasteiger partial charge in [-0.1, -0.05) is 22.9 Å². The number of fused-ring (bicyclic) bond motifs is 1. The van der Waals surface area contributed by atoms with Gasteiger partial charge in [-0.15, -0.1) is 0 Å². The zero-order chi connectivity index (χ0) is 24.5. The quantitative estimate of drug-likeness (QED) is 0.505. The first-order chi connectivity index (χ1) is 16.3. The molecule has 1 saturated heterocycles. The van der Waals surface area contributed by atoms with E-state index in [-0.39, 0.29) is 23.0 Å². The average Bonchev–Trinajstić information content (AvgIpc) is 3.30. The normalized spacial score (nSPS) is 22.2. The Morgan fingerprint density at radius 1 is 1.26 bits per heavy atom. The second kappa shape index (κ2) is 9.81. The van der Waals surface area contributed by atoms with Crippen LogP contribution in [0.4, 0.5) is 16.2 Å². The van der Waals surface area contributed by atoms with E-state index in [2.05, 4.69) is 38.4 Å². The van der Waals surface area contributed by atoms with Crippen molar-refractivity contribution < 1.29 is 24.2 Å². The molecule has 0 saturated carbocycles. The monoisotopic (exact) mass is 532 g/mol. The lowest BCUT2D eigenvalue weighted by Gasteiger charge is -2.43. The van der Waals surface area contributed by atoms with Gasteiger partial charge in [0.15, 0.2) is 0 Å². The standard InChI is InChI=1S/C24H29BrN4O5/c1-4-28-11-5-6-16(28)14-26-22(30)24(32)18-12-15(25)7-9-19(18)27-23(31)29(24)20-10-8-17(33-2)13-21(20)34-3/h7-10,12-13,16,32H,4-6,11,14H2,1-3H3,(H,26,30)(H,27,31). The van der Waals surface area contributed by atoms with Gasteiger partial charge in [-0.25, -0.2) is 9.69 Å². The van der Waals surface area contributed by atoms with Gasteiger partial charge in [0.25, 0.3) is 11.6 Å². The maximum atomic E-state index is 13.7. The molecule has 1 fully saturated rings. The van der Waals surface area contributed by atoms with Gasteiger partial charge in [-0.05, 0) is 56.3 Å². The van der Waals surface area contributed by atoms with Crippen molar-refractivity contribution >= 4 is 39.2 Å². The molecule has 182 valence electrons. The molecule has 2 aromatic rings. The predicted octanol–water partition coefficient (Wildman–Crippen LogP) is 3.26. The highest BCUT2D eigenvalue weighted by Crippen LogP contribution is 2.44. The maximum absolute atomic E-state index is 13.7. The molecule has 4 rings (SSSR count). The van der Waals surface area contributed by atoms with E-state index in [1.807, 2.05) is 0 Å². The average molecular weight is 533 g/mol. The molecule has 2 aromatic carbocycles. The number of carbonyl (C=O) groups is 2. The third-order valence-electron chi connectivity index (χ3n) is 6.47. The summed E-state index contributed by atoms with van der Waals surface area (Å²) in [6.07, 6.45) is 2.02. The molecule has 0 aromatic heterocycles. The van der Waals surface area contributed by atoms with Crippen LogP contribution in [0.3, 0.4) is 0 Å². The number of benzene rings is 2. The number of hydrogen-bond donors (Lipinski definition) is 3. The Morgan fingerprint density at radius 2 is 2.06 bits per heavy atom. The molecule has 2 heterocycles. The lowest BCUT2D eigenvalue weighted by atomic mass is 9.94. The largest absolute Gasteiger partial charge is 0.497 e. The molecule has 2 aliphatic heterocycles. The van der Waals surface area contributed by atoms with Crippen LogP contribution in [-0.4, -0.2) is 61.8 Å². The highest BCUT2D eigenvalue weighted by atomic mass is 79.9. The third-order valence-corrected chi connectivity index (χ3v) is 6.97. The Balaban J connectivity index is 1.78. The zero-order valence-electron chi connectivity index (χ0n) is 19.4. The lowest BCUT2D eigenvalue weighted by molar-refractivity contribution is -0.140. The minimum Gasteiger partial charge on any atom is -0.497 e. The predicted molar refractivity (Wildman–Crippen MR) is 132 cm³/mol. The molecule has 2 unspecified atom stereocenters. The van der Waals surface area contributed by atoms with Crippen LogP contribution in [0.25, 0.3) is 0 Å². The molecule has 10 heteroatoms. The summed E-state index contributed by atoms with van der Waals surface area (Å²) in [6.45, 7) is 4.32. The highest BCUT2D eigenvalue weighted by molar-refractivity contribution is 9.10.